The predicted octanol–water partition coefficient (Wildman–Crippen LogP) is 8.39. The molecule has 0 radical (unpaired) electrons. The number of benzene rings is 4. The molecule has 0 amide bonds. The second kappa shape index (κ2) is 8.17. The molecule has 1 heterocycles. The summed E-state index contributed by atoms with van der Waals surface area (Å²) in [6, 6.07) is 27.3. The lowest BCUT2D eigenvalue weighted by atomic mass is 9.98. The first-order chi connectivity index (χ1) is 15.9. The number of fused-ring (bicyclic) bond motifs is 1. The van der Waals surface area contributed by atoms with E-state index < -0.39 is 11.7 Å². The number of halogens is 4. The van der Waals surface area contributed by atoms with Gasteiger partial charge < -0.3 is 0 Å². The van der Waals surface area contributed by atoms with Crippen molar-refractivity contribution >= 4 is 10.8 Å². The highest BCUT2D eigenvalue weighted by Gasteiger charge is 2.30. The van der Waals surface area contributed by atoms with E-state index in [1.54, 1.807) is 24.4 Å². The maximum Gasteiger partial charge on any atom is 0.416 e. The molecule has 5 rings (SSSR count). The normalized spacial score (nSPS) is 11.6. The van der Waals surface area contributed by atoms with Crippen molar-refractivity contribution in [3.63, 3.8) is 0 Å². The van der Waals surface area contributed by atoms with Gasteiger partial charge in [0, 0.05) is 17.3 Å². The van der Waals surface area contributed by atoms with Crippen molar-refractivity contribution in [1.29, 1.82) is 0 Å². The maximum absolute atomic E-state index is 13.2. The van der Waals surface area contributed by atoms with E-state index >= 15 is 0 Å². The third-order valence-corrected chi connectivity index (χ3v) is 5.62. The smallest absolute Gasteiger partial charge is 0.256 e. The molecule has 162 valence electrons. The van der Waals surface area contributed by atoms with Gasteiger partial charge in [-0.25, -0.2) is 4.39 Å². The van der Waals surface area contributed by atoms with Gasteiger partial charge in [-0.3, -0.25) is 4.98 Å². The Morgan fingerprint density at radius 1 is 0.515 bits per heavy atom. The average Bonchev–Trinajstić information content (AvgIpc) is 2.83. The highest BCUT2D eigenvalue weighted by molar-refractivity contribution is 5.91. The van der Waals surface area contributed by atoms with E-state index in [1.807, 2.05) is 30.3 Å². The Balaban J connectivity index is 1.44. The van der Waals surface area contributed by atoms with Crippen LogP contribution in [0.2, 0.25) is 0 Å². The summed E-state index contributed by atoms with van der Waals surface area (Å²) in [5.74, 6) is -0.269. The lowest BCUT2D eigenvalue weighted by Crippen LogP contribution is -2.04. The van der Waals surface area contributed by atoms with E-state index in [0.29, 0.717) is 11.3 Å². The molecule has 0 unspecified atom stereocenters. The molecule has 1 aromatic heterocycles. The van der Waals surface area contributed by atoms with E-state index in [9.17, 15) is 17.6 Å². The van der Waals surface area contributed by atoms with Crippen molar-refractivity contribution in [2.75, 3.05) is 0 Å². The van der Waals surface area contributed by atoms with Gasteiger partial charge in [-0.2, -0.15) is 13.2 Å². The zero-order chi connectivity index (χ0) is 23.0. The molecule has 1 nitrogen and oxygen atoms in total. The number of hydrogen-bond donors (Lipinski definition) is 0. The molecule has 0 bridgehead atoms. The zero-order valence-corrected chi connectivity index (χ0v) is 17.3. The molecule has 0 saturated heterocycles. The van der Waals surface area contributed by atoms with Crippen LogP contribution in [0.15, 0.2) is 103 Å². The van der Waals surface area contributed by atoms with E-state index in [0.717, 1.165) is 45.2 Å². The first kappa shape index (κ1) is 20.9. The predicted molar refractivity (Wildman–Crippen MR) is 123 cm³/mol. The average molecular weight is 443 g/mol. The summed E-state index contributed by atoms with van der Waals surface area (Å²) in [4.78, 5) is 4.45. The third-order valence-electron chi connectivity index (χ3n) is 5.62. The van der Waals surface area contributed by atoms with Gasteiger partial charge in [-0.1, -0.05) is 54.6 Å². The summed E-state index contributed by atoms with van der Waals surface area (Å²) in [6.45, 7) is 0. The molecule has 0 saturated carbocycles. The summed E-state index contributed by atoms with van der Waals surface area (Å²) in [5.41, 5.74) is 4.36. The van der Waals surface area contributed by atoms with Crippen LogP contribution in [0, 0.1) is 5.82 Å². The molecule has 4 aromatic carbocycles. The van der Waals surface area contributed by atoms with Crippen LogP contribution in [0.1, 0.15) is 5.56 Å². The lowest BCUT2D eigenvalue weighted by Gasteiger charge is -2.09. The Bertz CT molecular complexity index is 1420. The number of nitrogens with zero attached hydrogens (tertiary/aromatic N) is 1. The van der Waals surface area contributed by atoms with Crippen LogP contribution in [-0.2, 0) is 6.18 Å². The topological polar surface area (TPSA) is 12.9 Å². The summed E-state index contributed by atoms with van der Waals surface area (Å²) in [5, 5.41) is 2.13. The van der Waals surface area contributed by atoms with Gasteiger partial charge in [0.1, 0.15) is 5.82 Å². The minimum Gasteiger partial charge on any atom is -0.256 e. The highest BCUT2D eigenvalue weighted by Crippen LogP contribution is 2.32. The molecule has 0 fully saturated rings. The Hall–Kier alpha value is -3.99. The number of alkyl halides is 3. The van der Waals surface area contributed by atoms with Gasteiger partial charge in [0.25, 0.3) is 0 Å². The molecular formula is C28H17F4N. The van der Waals surface area contributed by atoms with Gasteiger partial charge in [0.15, 0.2) is 0 Å². The second-order valence-corrected chi connectivity index (χ2v) is 7.79. The minimum absolute atomic E-state index is 0.269. The van der Waals surface area contributed by atoms with Crippen LogP contribution >= 0.6 is 0 Å². The Labute approximate surface area is 188 Å². The fraction of sp³-hybridized carbons (Fsp3) is 0.0357. The molecule has 33 heavy (non-hydrogen) atoms. The van der Waals surface area contributed by atoms with Crippen molar-refractivity contribution in [1.82, 2.24) is 4.98 Å². The third kappa shape index (κ3) is 4.35. The summed E-state index contributed by atoms with van der Waals surface area (Å²) < 4.78 is 51.6. The molecular weight excluding hydrogens is 426 g/mol. The van der Waals surface area contributed by atoms with E-state index in [1.165, 1.54) is 24.3 Å². The second-order valence-electron chi connectivity index (χ2n) is 7.79. The summed E-state index contributed by atoms with van der Waals surface area (Å²) >= 11 is 0. The van der Waals surface area contributed by atoms with Crippen LogP contribution < -0.4 is 0 Å². The van der Waals surface area contributed by atoms with Gasteiger partial charge in [-0.15, -0.1) is 0 Å². The van der Waals surface area contributed by atoms with Crippen LogP contribution in [-0.4, -0.2) is 4.98 Å². The molecule has 5 heteroatoms. The van der Waals surface area contributed by atoms with Gasteiger partial charge in [0.05, 0.1) is 11.3 Å². The minimum atomic E-state index is -4.36. The van der Waals surface area contributed by atoms with Gasteiger partial charge in [-0.05, 0) is 69.9 Å². The monoisotopic (exact) mass is 443 g/mol. The quantitative estimate of drug-likeness (QED) is 0.255. The Kier molecular flexibility index (Phi) is 5.17. The number of pyridine rings is 1. The van der Waals surface area contributed by atoms with Crippen LogP contribution in [0.25, 0.3) is 44.3 Å². The fourth-order valence-corrected chi connectivity index (χ4v) is 3.81. The van der Waals surface area contributed by atoms with E-state index in [2.05, 4.69) is 17.1 Å². The first-order valence-corrected chi connectivity index (χ1v) is 10.3. The summed E-state index contributed by atoms with van der Waals surface area (Å²) in [6.07, 6.45) is -2.64. The lowest BCUT2D eigenvalue weighted by molar-refractivity contribution is -0.137. The van der Waals surface area contributed by atoms with Crippen molar-refractivity contribution in [3.05, 3.63) is 115 Å². The van der Waals surface area contributed by atoms with Crippen LogP contribution in [0.4, 0.5) is 17.6 Å². The molecule has 0 N–H and O–H groups in total. The van der Waals surface area contributed by atoms with E-state index in [4.69, 9.17) is 0 Å². The number of rotatable bonds is 3. The van der Waals surface area contributed by atoms with Crippen LogP contribution in [0.3, 0.4) is 0 Å². The molecule has 0 spiro atoms. The summed E-state index contributed by atoms with van der Waals surface area (Å²) in [7, 11) is 0. The van der Waals surface area contributed by atoms with Crippen molar-refractivity contribution in [2.24, 2.45) is 0 Å². The van der Waals surface area contributed by atoms with Gasteiger partial charge in [0.2, 0.25) is 0 Å². The molecule has 0 aliphatic heterocycles. The first-order valence-electron chi connectivity index (χ1n) is 10.3. The zero-order valence-electron chi connectivity index (χ0n) is 17.3. The van der Waals surface area contributed by atoms with Crippen molar-refractivity contribution in [3.8, 4) is 33.5 Å². The molecule has 0 aliphatic carbocycles. The Morgan fingerprint density at radius 2 is 1.06 bits per heavy atom. The van der Waals surface area contributed by atoms with Gasteiger partial charge >= 0.3 is 6.18 Å². The number of hydrogen-bond acceptors (Lipinski definition) is 1. The van der Waals surface area contributed by atoms with E-state index in [-0.39, 0.29) is 5.82 Å². The molecule has 0 aliphatic rings. The fourth-order valence-electron chi connectivity index (χ4n) is 3.81. The number of aromatic nitrogens is 1. The maximum atomic E-state index is 13.2. The SMILES string of the molecule is Fc1ccc(-c2ccc3ccc(-c4ccc(-c5ccc(C(F)(F)F)cc5)nc4)cc3c2)cc1. The molecule has 0 atom stereocenters. The molecule has 5 aromatic rings. The van der Waals surface area contributed by atoms with Crippen molar-refractivity contribution < 1.29 is 17.6 Å². The Morgan fingerprint density at radius 3 is 1.64 bits per heavy atom. The largest absolute Gasteiger partial charge is 0.416 e. The van der Waals surface area contributed by atoms with Crippen LogP contribution in [0.5, 0.6) is 0 Å². The van der Waals surface area contributed by atoms with Crippen molar-refractivity contribution in [2.45, 2.75) is 6.18 Å². The highest BCUT2D eigenvalue weighted by atomic mass is 19.4. The standard InChI is InChI=1S/C28H17F4N/c29-26-12-7-18(8-13-26)21-3-1-19-2-4-22(16-24(19)15-21)23-9-14-27(33-17-23)20-5-10-25(11-6-20)28(30,31)32/h1-17H.